The van der Waals surface area contributed by atoms with Gasteiger partial charge in [0.2, 0.25) is 11.8 Å². The summed E-state index contributed by atoms with van der Waals surface area (Å²) < 4.78 is 16.2. The summed E-state index contributed by atoms with van der Waals surface area (Å²) in [6.07, 6.45) is 4.22. The van der Waals surface area contributed by atoms with Gasteiger partial charge in [-0.05, 0) is 44.2 Å². The van der Waals surface area contributed by atoms with Crippen LogP contribution in [0, 0.1) is 18.8 Å². The van der Waals surface area contributed by atoms with Crippen LogP contribution in [0.1, 0.15) is 48.7 Å². The number of hydrogen-bond acceptors (Lipinski definition) is 6. The molecule has 128 valence electrons. The third-order valence-corrected chi connectivity index (χ3v) is 4.88. The minimum Gasteiger partial charge on any atom is -0.469 e. The summed E-state index contributed by atoms with van der Waals surface area (Å²) in [5, 5.41) is 7.01. The number of furan rings is 1. The van der Waals surface area contributed by atoms with E-state index in [9.17, 15) is 4.79 Å². The second-order valence-corrected chi connectivity index (χ2v) is 6.58. The molecule has 0 unspecified atom stereocenters. The van der Waals surface area contributed by atoms with E-state index in [0.717, 1.165) is 25.0 Å². The second kappa shape index (κ2) is 6.39. The van der Waals surface area contributed by atoms with Crippen LogP contribution >= 0.6 is 0 Å². The first-order valence-corrected chi connectivity index (χ1v) is 8.44. The molecule has 1 aliphatic heterocycles. The first-order valence-electron chi connectivity index (χ1n) is 8.44. The molecule has 3 atom stereocenters. The fraction of sp³-hybridized carbons (Fsp3) is 0.588. The SMILES string of the molecule is Cc1noc([C@H](NC(=O)[C@@H]2C[C@H]2c2ccco2)C2CCOCC2)n1. The van der Waals surface area contributed by atoms with Crippen molar-refractivity contribution in [3.63, 3.8) is 0 Å². The number of carbonyl (C=O) groups is 1. The first kappa shape index (κ1) is 15.4. The third kappa shape index (κ3) is 3.08. The molecular formula is C17H21N3O4. The Balaban J connectivity index is 1.46. The zero-order valence-corrected chi connectivity index (χ0v) is 13.6. The van der Waals surface area contributed by atoms with Crippen LogP contribution in [0.5, 0.6) is 0 Å². The highest BCUT2D eigenvalue weighted by atomic mass is 16.5. The molecule has 0 bridgehead atoms. The van der Waals surface area contributed by atoms with Crippen LogP contribution in [-0.2, 0) is 9.53 Å². The fourth-order valence-corrected chi connectivity index (χ4v) is 3.43. The zero-order valence-electron chi connectivity index (χ0n) is 13.6. The van der Waals surface area contributed by atoms with Crippen LogP contribution in [-0.4, -0.2) is 29.3 Å². The predicted molar refractivity (Wildman–Crippen MR) is 83.0 cm³/mol. The molecule has 0 aromatic carbocycles. The van der Waals surface area contributed by atoms with E-state index in [-0.39, 0.29) is 29.7 Å². The number of rotatable bonds is 5. The maximum Gasteiger partial charge on any atom is 0.249 e. The first-order chi connectivity index (χ1) is 11.7. The Morgan fingerprint density at radius 3 is 2.88 bits per heavy atom. The average Bonchev–Trinajstić information content (AvgIpc) is 3.01. The van der Waals surface area contributed by atoms with Crippen molar-refractivity contribution in [1.29, 1.82) is 0 Å². The van der Waals surface area contributed by atoms with Crippen molar-refractivity contribution in [3.05, 3.63) is 35.9 Å². The van der Waals surface area contributed by atoms with Gasteiger partial charge in [0.15, 0.2) is 5.82 Å². The number of aromatic nitrogens is 2. The Labute approximate surface area is 139 Å². The second-order valence-electron chi connectivity index (χ2n) is 6.58. The van der Waals surface area contributed by atoms with Gasteiger partial charge in [-0.25, -0.2) is 0 Å². The Bertz CT molecular complexity index is 691. The summed E-state index contributed by atoms with van der Waals surface area (Å²) in [6, 6.07) is 3.53. The summed E-state index contributed by atoms with van der Waals surface area (Å²) in [5.41, 5.74) is 0. The summed E-state index contributed by atoms with van der Waals surface area (Å²) in [7, 11) is 0. The van der Waals surface area contributed by atoms with Crippen molar-refractivity contribution in [1.82, 2.24) is 15.5 Å². The smallest absolute Gasteiger partial charge is 0.249 e. The van der Waals surface area contributed by atoms with Gasteiger partial charge in [0.1, 0.15) is 11.8 Å². The average molecular weight is 331 g/mol. The number of carbonyl (C=O) groups excluding carboxylic acids is 1. The van der Waals surface area contributed by atoms with Crippen molar-refractivity contribution < 1.29 is 18.5 Å². The largest absolute Gasteiger partial charge is 0.469 e. The Morgan fingerprint density at radius 2 is 2.21 bits per heavy atom. The van der Waals surface area contributed by atoms with Gasteiger partial charge in [0.05, 0.1) is 6.26 Å². The molecule has 1 saturated carbocycles. The molecule has 2 fully saturated rings. The number of nitrogens with one attached hydrogen (secondary N) is 1. The van der Waals surface area contributed by atoms with Crippen molar-refractivity contribution in [2.45, 2.75) is 38.1 Å². The van der Waals surface area contributed by atoms with Gasteiger partial charge in [-0.1, -0.05) is 5.16 Å². The summed E-state index contributed by atoms with van der Waals surface area (Å²) in [4.78, 5) is 17.0. The topological polar surface area (TPSA) is 90.4 Å². The molecule has 0 spiro atoms. The van der Waals surface area contributed by atoms with Gasteiger partial charge in [-0.3, -0.25) is 4.79 Å². The molecule has 24 heavy (non-hydrogen) atoms. The molecule has 1 aliphatic carbocycles. The molecule has 2 aromatic heterocycles. The quantitative estimate of drug-likeness (QED) is 0.904. The standard InChI is InChI=1S/C17H21N3O4/c1-10-18-17(24-20-10)15(11-4-7-22-8-5-11)19-16(21)13-9-12(13)14-3-2-6-23-14/h2-3,6,11-13,15H,4-5,7-9H2,1H3,(H,19,21)/t12-,13-,15-/m1/s1. The van der Waals surface area contributed by atoms with Gasteiger partial charge in [0, 0.05) is 25.0 Å². The minimum atomic E-state index is -0.250. The third-order valence-electron chi connectivity index (χ3n) is 4.88. The van der Waals surface area contributed by atoms with Crippen LogP contribution in [0.3, 0.4) is 0 Å². The van der Waals surface area contributed by atoms with Crippen molar-refractivity contribution in [2.75, 3.05) is 13.2 Å². The van der Waals surface area contributed by atoms with Gasteiger partial charge in [-0.15, -0.1) is 0 Å². The number of ether oxygens (including phenoxy) is 1. The lowest BCUT2D eigenvalue weighted by Gasteiger charge is -2.28. The molecule has 3 heterocycles. The van der Waals surface area contributed by atoms with Crippen LogP contribution < -0.4 is 5.32 Å². The lowest BCUT2D eigenvalue weighted by atomic mass is 9.91. The van der Waals surface area contributed by atoms with Crippen LogP contribution in [0.15, 0.2) is 27.3 Å². The van der Waals surface area contributed by atoms with Gasteiger partial charge < -0.3 is 19.0 Å². The maximum atomic E-state index is 12.7. The van der Waals surface area contributed by atoms with E-state index in [2.05, 4.69) is 15.5 Å². The molecule has 1 N–H and O–H groups in total. The van der Waals surface area contributed by atoms with E-state index in [1.165, 1.54) is 0 Å². The predicted octanol–water partition coefficient (Wildman–Crippen LogP) is 2.36. The molecule has 4 rings (SSSR count). The van der Waals surface area contributed by atoms with E-state index >= 15 is 0 Å². The number of hydrogen-bond donors (Lipinski definition) is 1. The Hall–Kier alpha value is -2.15. The Kier molecular flexibility index (Phi) is 4.10. The highest BCUT2D eigenvalue weighted by molar-refractivity contribution is 5.83. The van der Waals surface area contributed by atoms with Gasteiger partial charge >= 0.3 is 0 Å². The van der Waals surface area contributed by atoms with Crippen molar-refractivity contribution in [2.24, 2.45) is 11.8 Å². The molecule has 1 amide bonds. The highest BCUT2D eigenvalue weighted by Gasteiger charge is 2.47. The maximum absolute atomic E-state index is 12.7. The van der Waals surface area contributed by atoms with E-state index in [1.54, 1.807) is 13.2 Å². The number of nitrogens with zero attached hydrogens (tertiary/aromatic N) is 2. The van der Waals surface area contributed by atoms with E-state index in [1.807, 2.05) is 12.1 Å². The van der Waals surface area contributed by atoms with E-state index in [4.69, 9.17) is 13.7 Å². The monoisotopic (exact) mass is 331 g/mol. The molecule has 2 aromatic rings. The molecule has 7 nitrogen and oxygen atoms in total. The van der Waals surface area contributed by atoms with Gasteiger partial charge in [-0.2, -0.15) is 4.98 Å². The molecular weight excluding hydrogens is 310 g/mol. The van der Waals surface area contributed by atoms with Crippen molar-refractivity contribution >= 4 is 5.91 Å². The van der Waals surface area contributed by atoms with Gasteiger partial charge in [0.25, 0.3) is 0 Å². The number of aryl methyl sites for hydroxylation is 1. The van der Waals surface area contributed by atoms with E-state index < -0.39 is 0 Å². The summed E-state index contributed by atoms with van der Waals surface area (Å²) in [6.45, 7) is 3.18. The summed E-state index contributed by atoms with van der Waals surface area (Å²) >= 11 is 0. The minimum absolute atomic E-state index is 0.0312. The van der Waals surface area contributed by atoms with Crippen LogP contribution in [0.2, 0.25) is 0 Å². The van der Waals surface area contributed by atoms with Crippen LogP contribution in [0.4, 0.5) is 0 Å². The summed E-state index contributed by atoms with van der Waals surface area (Å²) in [5.74, 6) is 2.37. The Morgan fingerprint density at radius 1 is 1.38 bits per heavy atom. The highest BCUT2D eigenvalue weighted by Crippen LogP contribution is 2.48. The fourth-order valence-electron chi connectivity index (χ4n) is 3.43. The zero-order chi connectivity index (χ0) is 16.5. The van der Waals surface area contributed by atoms with Crippen LogP contribution in [0.25, 0.3) is 0 Å². The lowest BCUT2D eigenvalue weighted by molar-refractivity contribution is -0.124. The van der Waals surface area contributed by atoms with Crippen molar-refractivity contribution in [3.8, 4) is 0 Å². The molecule has 0 radical (unpaired) electrons. The lowest BCUT2D eigenvalue weighted by Crippen LogP contribution is -2.37. The molecule has 1 saturated heterocycles. The van der Waals surface area contributed by atoms with E-state index in [0.29, 0.717) is 24.9 Å². The normalized spacial score (nSPS) is 25.4. The molecule has 7 heteroatoms. The molecule has 2 aliphatic rings. The number of amides is 1.